The molecular formula is C26H31N4O4P. The van der Waals surface area contributed by atoms with Crippen LogP contribution in [0.3, 0.4) is 0 Å². The standard InChI is InChI=1S/C25H26N4O.CH5O3P/c1-19(30)25-27-13-16-29(25)14-2-3-20-4-6-21(7-5-20)22-8-10-23(11-9-22)24-17-28(18-24)15-12-26;1-4-5(2)3/h4-11,13,16,19,24-25,27,30H,14-15,17-18H2,1H3;2-3H,1H3. The number of hydrogen-bond acceptors (Lipinski definition) is 8. The van der Waals surface area contributed by atoms with E-state index >= 15 is 0 Å². The molecule has 1 fully saturated rings. The molecule has 4 rings (SSSR count). The van der Waals surface area contributed by atoms with E-state index in [1.54, 1.807) is 6.92 Å². The summed E-state index contributed by atoms with van der Waals surface area (Å²) in [7, 11) is -0.870. The number of aliphatic hydroxyl groups excluding tert-OH is 1. The van der Waals surface area contributed by atoms with Gasteiger partial charge in [-0.2, -0.15) is 5.26 Å². The molecule has 0 spiro atoms. The second-order valence-electron chi connectivity index (χ2n) is 8.33. The van der Waals surface area contributed by atoms with Gasteiger partial charge in [0.25, 0.3) is 0 Å². The van der Waals surface area contributed by atoms with E-state index in [1.807, 2.05) is 29.4 Å². The fraction of sp³-hybridized carbons (Fsp3) is 0.346. The van der Waals surface area contributed by atoms with Gasteiger partial charge in [0, 0.05) is 44.1 Å². The fourth-order valence-corrected chi connectivity index (χ4v) is 3.93. The van der Waals surface area contributed by atoms with Crippen LogP contribution in [0.1, 0.15) is 24.0 Å². The Hall–Kier alpha value is -2.94. The number of likely N-dealkylation sites (tertiary alicyclic amines) is 1. The molecule has 2 aromatic carbocycles. The van der Waals surface area contributed by atoms with Crippen LogP contribution in [0.15, 0.2) is 60.9 Å². The van der Waals surface area contributed by atoms with Gasteiger partial charge < -0.3 is 29.6 Å². The molecule has 0 radical (unpaired) electrons. The topological polar surface area (TPSA) is 112 Å². The normalized spacial score (nSPS) is 18.0. The Bertz CT molecular complexity index is 1070. The molecule has 184 valence electrons. The minimum Gasteiger partial charge on any atom is -0.389 e. The van der Waals surface area contributed by atoms with Gasteiger partial charge in [0.05, 0.1) is 25.3 Å². The minimum atomic E-state index is -2.10. The van der Waals surface area contributed by atoms with Gasteiger partial charge in [-0.05, 0) is 35.7 Å². The number of nitrogens with zero attached hydrogens (tertiary/aromatic N) is 3. The van der Waals surface area contributed by atoms with Gasteiger partial charge in [-0.15, -0.1) is 0 Å². The van der Waals surface area contributed by atoms with Crippen LogP contribution in [0, 0.1) is 23.2 Å². The molecule has 2 heterocycles. The third-order valence-electron chi connectivity index (χ3n) is 5.86. The van der Waals surface area contributed by atoms with Crippen molar-refractivity contribution in [1.29, 1.82) is 5.26 Å². The van der Waals surface area contributed by atoms with Crippen LogP contribution in [0.4, 0.5) is 0 Å². The van der Waals surface area contributed by atoms with Crippen LogP contribution in [-0.2, 0) is 4.52 Å². The lowest BCUT2D eigenvalue weighted by molar-refractivity contribution is 0.0928. The molecule has 2 atom stereocenters. The number of nitrogens with one attached hydrogen (secondary N) is 1. The van der Waals surface area contributed by atoms with Crippen molar-refractivity contribution >= 4 is 8.60 Å². The first-order valence-electron chi connectivity index (χ1n) is 11.3. The van der Waals surface area contributed by atoms with E-state index in [0.717, 1.165) is 18.7 Å². The molecule has 9 heteroatoms. The molecule has 0 saturated carbocycles. The smallest absolute Gasteiger partial charge is 0.326 e. The highest BCUT2D eigenvalue weighted by atomic mass is 31.2. The molecule has 8 nitrogen and oxygen atoms in total. The van der Waals surface area contributed by atoms with Crippen molar-refractivity contribution in [2.45, 2.75) is 25.1 Å². The van der Waals surface area contributed by atoms with Crippen molar-refractivity contribution in [3.63, 3.8) is 0 Å². The quantitative estimate of drug-likeness (QED) is 0.276. The highest BCUT2D eigenvalue weighted by molar-refractivity contribution is 7.39. The average Bonchev–Trinajstić information content (AvgIpc) is 3.31. The van der Waals surface area contributed by atoms with E-state index < -0.39 is 14.7 Å². The molecule has 0 aromatic heterocycles. The summed E-state index contributed by atoms with van der Waals surface area (Å²) in [6.45, 7) is 4.81. The zero-order valence-corrected chi connectivity index (χ0v) is 20.8. The summed E-state index contributed by atoms with van der Waals surface area (Å²) in [5.74, 6) is 6.92. The van der Waals surface area contributed by atoms with Crippen molar-refractivity contribution < 1.29 is 19.4 Å². The Morgan fingerprint density at radius 3 is 2.23 bits per heavy atom. The van der Waals surface area contributed by atoms with Crippen molar-refractivity contribution in [2.75, 3.05) is 33.3 Å². The molecule has 4 N–H and O–H groups in total. The molecule has 0 aliphatic carbocycles. The lowest BCUT2D eigenvalue weighted by Crippen LogP contribution is -2.44. The van der Waals surface area contributed by atoms with E-state index in [4.69, 9.17) is 15.0 Å². The largest absolute Gasteiger partial charge is 0.389 e. The van der Waals surface area contributed by atoms with Crippen molar-refractivity contribution in [2.24, 2.45) is 0 Å². The maximum atomic E-state index is 9.77. The molecule has 0 bridgehead atoms. The number of rotatable bonds is 6. The van der Waals surface area contributed by atoms with Crippen LogP contribution in [-0.4, -0.2) is 70.3 Å². The SMILES string of the molecule is CC(O)C1NC=CN1CC#Cc1ccc(-c2ccc(C3CN(CC#N)C3)cc2)cc1.COP(O)O. The fourth-order valence-electron chi connectivity index (χ4n) is 3.93. The summed E-state index contributed by atoms with van der Waals surface area (Å²) in [6, 6.07) is 19.3. The number of nitriles is 1. The Kier molecular flexibility index (Phi) is 10.1. The summed E-state index contributed by atoms with van der Waals surface area (Å²) >= 11 is 0. The first-order chi connectivity index (χ1) is 16.9. The van der Waals surface area contributed by atoms with Crippen molar-refractivity contribution in [3.05, 3.63) is 72.1 Å². The van der Waals surface area contributed by atoms with Crippen LogP contribution in [0.5, 0.6) is 0 Å². The Morgan fingerprint density at radius 1 is 1.09 bits per heavy atom. The zero-order chi connectivity index (χ0) is 25.2. The molecule has 2 unspecified atom stereocenters. The zero-order valence-electron chi connectivity index (χ0n) is 19.9. The maximum Gasteiger partial charge on any atom is 0.326 e. The first kappa shape index (κ1) is 26.7. The second-order valence-corrected chi connectivity index (χ2v) is 9.20. The van der Waals surface area contributed by atoms with Crippen LogP contribution in [0.2, 0.25) is 0 Å². The Labute approximate surface area is 208 Å². The minimum absolute atomic E-state index is 0.112. The maximum absolute atomic E-state index is 9.77. The van der Waals surface area contributed by atoms with Gasteiger partial charge >= 0.3 is 8.60 Å². The third-order valence-corrected chi connectivity index (χ3v) is 6.18. The van der Waals surface area contributed by atoms with Gasteiger partial charge in [0.2, 0.25) is 0 Å². The summed E-state index contributed by atoms with van der Waals surface area (Å²) in [4.78, 5) is 19.7. The Morgan fingerprint density at radius 2 is 1.69 bits per heavy atom. The molecule has 2 aliphatic rings. The molecule has 1 saturated heterocycles. The van der Waals surface area contributed by atoms with E-state index in [1.165, 1.54) is 23.8 Å². The lowest BCUT2D eigenvalue weighted by Gasteiger charge is -2.37. The van der Waals surface area contributed by atoms with E-state index in [-0.39, 0.29) is 6.17 Å². The van der Waals surface area contributed by atoms with Gasteiger partial charge in [-0.25, -0.2) is 0 Å². The number of hydrogen-bond donors (Lipinski definition) is 4. The van der Waals surface area contributed by atoms with Gasteiger partial charge in [-0.1, -0.05) is 48.2 Å². The monoisotopic (exact) mass is 494 g/mol. The average molecular weight is 495 g/mol. The summed E-state index contributed by atoms with van der Waals surface area (Å²) in [5, 5.41) is 21.6. The molecular weight excluding hydrogens is 463 g/mol. The van der Waals surface area contributed by atoms with E-state index in [2.05, 4.69) is 69.0 Å². The Balaban J connectivity index is 0.000000623. The molecule has 0 amide bonds. The summed E-state index contributed by atoms with van der Waals surface area (Å²) < 4.78 is 3.93. The highest BCUT2D eigenvalue weighted by Crippen LogP contribution is 2.29. The third kappa shape index (κ3) is 7.78. The van der Waals surface area contributed by atoms with Crippen molar-refractivity contribution in [1.82, 2.24) is 15.1 Å². The highest BCUT2D eigenvalue weighted by Gasteiger charge is 2.27. The van der Waals surface area contributed by atoms with E-state index in [0.29, 0.717) is 19.0 Å². The molecule has 35 heavy (non-hydrogen) atoms. The van der Waals surface area contributed by atoms with Gasteiger partial charge in [0.15, 0.2) is 0 Å². The molecule has 2 aliphatic heterocycles. The van der Waals surface area contributed by atoms with Crippen LogP contribution < -0.4 is 5.32 Å². The molecule has 2 aromatic rings. The predicted octanol–water partition coefficient (Wildman–Crippen LogP) is 2.56. The van der Waals surface area contributed by atoms with Gasteiger partial charge in [0.1, 0.15) is 6.17 Å². The summed E-state index contributed by atoms with van der Waals surface area (Å²) in [6.07, 6.45) is 3.18. The van der Waals surface area contributed by atoms with Gasteiger partial charge in [-0.3, -0.25) is 4.90 Å². The first-order valence-corrected chi connectivity index (χ1v) is 12.4. The predicted molar refractivity (Wildman–Crippen MR) is 136 cm³/mol. The summed E-state index contributed by atoms with van der Waals surface area (Å²) in [5.41, 5.74) is 4.69. The second kappa shape index (κ2) is 13.2. The van der Waals surface area contributed by atoms with Crippen LogP contribution >= 0.6 is 8.60 Å². The lowest BCUT2D eigenvalue weighted by atomic mass is 9.90. The van der Waals surface area contributed by atoms with Crippen molar-refractivity contribution in [3.8, 4) is 29.0 Å². The number of benzene rings is 2. The van der Waals surface area contributed by atoms with E-state index in [9.17, 15) is 5.11 Å². The number of aliphatic hydroxyl groups is 1. The van der Waals surface area contributed by atoms with Crippen LogP contribution in [0.25, 0.3) is 11.1 Å².